The molecule has 0 aromatic carbocycles. The van der Waals surface area contributed by atoms with Crippen LogP contribution < -0.4 is 0 Å². The Morgan fingerprint density at radius 3 is 1.19 bits per heavy atom. The molecule has 210 valence electrons. The van der Waals surface area contributed by atoms with Crippen LogP contribution in [-0.4, -0.2) is 63.9 Å². The first-order chi connectivity index (χ1) is 17.3. The summed E-state index contributed by atoms with van der Waals surface area (Å²) in [6, 6.07) is 0. The van der Waals surface area contributed by atoms with Gasteiger partial charge < -0.3 is 19.8 Å². The highest BCUT2D eigenvalue weighted by Gasteiger charge is 2.29. The maximum Gasteiger partial charge on any atom is 0.309 e. The van der Waals surface area contributed by atoms with Crippen LogP contribution in [-0.2, 0) is 14.4 Å². The molecule has 0 fully saturated rings. The van der Waals surface area contributed by atoms with E-state index in [1.54, 1.807) is 0 Å². The molecule has 0 aliphatic heterocycles. The van der Waals surface area contributed by atoms with Gasteiger partial charge in [-0.05, 0) is 38.5 Å². The third-order valence-electron chi connectivity index (χ3n) is 7.04. The number of rotatable bonds is 27. The molecular weight excluding hydrogens is 458 g/mol. The zero-order valence-electron chi connectivity index (χ0n) is 22.9. The summed E-state index contributed by atoms with van der Waals surface area (Å²) in [5.74, 6) is -2.80. The zero-order chi connectivity index (χ0) is 26.9. The minimum absolute atomic E-state index is 0.0748. The van der Waals surface area contributed by atoms with Gasteiger partial charge in [-0.25, -0.2) is 0 Å². The van der Waals surface area contributed by atoms with Gasteiger partial charge >= 0.3 is 17.9 Å². The summed E-state index contributed by atoms with van der Waals surface area (Å²) in [5, 5.41) is 27.3. The lowest BCUT2D eigenvalue weighted by Crippen LogP contribution is -2.52. The highest BCUT2D eigenvalue weighted by molar-refractivity contribution is 5.67. The van der Waals surface area contributed by atoms with Crippen LogP contribution in [0.15, 0.2) is 12.2 Å². The van der Waals surface area contributed by atoms with Crippen LogP contribution in [0.1, 0.15) is 129 Å². The topological polar surface area (TPSA) is 112 Å². The molecule has 0 bridgehead atoms. The van der Waals surface area contributed by atoms with Crippen molar-refractivity contribution < 1.29 is 34.2 Å². The van der Waals surface area contributed by atoms with Gasteiger partial charge in [-0.1, -0.05) is 83.3 Å². The van der Waals surface area contributed by atoms with E-state index >= 15 is 0 Å². The second kappa shape index (κ2) is 23.5. The monoisotopic (exact) mass is 512 g/mol. The average molecular weight is 513 g/mol. The lowest BCUT2D eigenvalue weighted by atomic mass is 10.0. The highest BCUT2D eigenvalue weighted by atomic mass is 16.4. The van der Waals surface area contributed by atoms with Crippen molar-refractivity contribution in [3.8, 4) is 0 Å². The Balaban J connectivity index is 3.99. The molecule has 0 saturated carbocycles. The van der Waals surface area contributed by atoms with Crippen molar-refractivity contribution in [2.24, 2.45) is 0 Å². The minimum Gasteiger partial charge on any atom is -0.481 e. The van der Waals surface area contributed by atoms with Crippen molar-refractivity contribution in [3.05, 3.63) is 12.2 Å². The van der Waals surface area contributed by atoms with Crippen LogP contribution >= 0.6 is 0 Å². The van der Waals surface area contributed by atoms with E-state index in [2.05, 4.69) is 19.1 Å². The number of hydrogen-bond acceptors (Lipinski definition) is 3. The van der Waals surface area contributed by atoms with Crippen LogP contribution in [0.2, 0.25) is 0 Å². The van der Waals surface area contributed by atoms with E-state index < -0.39 is 17.9 Å². The molecule has 3 N–H and O–H groups in total. The van der Waals surface area contributed by atoms with E-state index in [1.165, 1.54) is 83.5 Å². The van der Waals surface area contributed by atoms with E-state index in [9.17, 15) is 14.4 Å². The van der Waals surface area contributed by atoms with E-state index in [1.807, 2.05) is 0 Å². The SMILES string of the molecule is CCCCCC/C=C/CCCCCCCCCCCC[N+](CCC(=O)O)(CCC(=O)O)CCC(=O)O. The molecular formula is C29H54NO6+. The van der Waals surface area contributed by atoms with E-state index in [0.29, 0.717) is 6.54 Å². The van der Waals surface area contributed by atoms with Gasteiger partial charge in [0, 0.05) is 0 Å². The van der Waals surface area contributed by atoms with Gasteiger partial charge in [-0.15, -0.1) is 0 Å². The van der Waals surface area contributed by atoms with Crippen molar-refractivity contribution in [2.45, 2.75) is 129 Å². The molecule has 0 atom stereocenters. The summed E-state index contributed by atoms with van der Waals surface area (Å²) < 4.78 is 0.263. The van der Waals surface area contributed by atoms with Crippen LogP contribution in [0.25, 0.3) is 0 Å². The molecule has 0 aromatic heterocycles. The zero-order valence-corrected chi connectivity index (χ0v) is 22.9. The summed E-state index contributed by atoms with van der Waals surface area (Å²) in [5.41, 5.74) is 0. The van der Waals surface area contributed by atoms with Gasteiger partial charge in [0.1, 0.15) is 0 Å². The maximum atomic E-state index is 11.1. The van der Waals surface area contributed by atoms with E-state index in [-0.39, 0.29) is 43.4 Å². The first-order valence-electron chi connectivity index (χ1n) is 14.5. The molecule has 0 rings (SSSR count). The molecule has 7 heteroatoms. The average Bonchev–Trinajstić information content (AvgIpc) is 2.83. The number of allylic oxidation sites excluding steroid dienone is 2. The van der Waals surface area contributed by atoms with Crippen molar-refractivity contribution in [3.63, 3.8) is 0 Å². The van der Waals surface area contributed by atoms with Crippen molar-refractivity contribution in [1.29, 1.82) is 0 Å². The lowest BCUT2D eigenvalue weighted by molar-refractivity contribution is -0.927. The fraction of sp³-hybridized carbons (Fsp3) is 0.828. The Morgan fingerprint density at radius 1 is 0.500 bits per heavy atom. The standard InChI is InChI=1S/C29H53NO6/c1-2-3-4-5-6-7-8-9-10-11-12-13-14-15-16-17-18-19-23-30(24-20-27(31)32,25-21-28(33)34)26-22-29(35)36/h7-8H,2-6,9-26H2,1H3,(H2-,31,32,33,34,35,36)/p+1/b8-7+. The summed E-state index contributed by atoms with van der Waals surface area (Å²) in [4.78, 5) is 33.4. The molecule has 0 aliphatic rings. The predicted octanol–water partition coefficient (Wildman–Crippen LogP) is 7.05. The quantitative estimate of drug-likeness (QED) is 0.0618. The second-order valence-electron chi connectivity index (χ2n) is 10.3. The maximum absolute atomic E-state index is 11.1. The third-order valence-corrected chi connectivity index (χ3v) is 7.04. The van der Waals surface area contributed by atoms with Gasteiger partial charge in [0.2, 0.25) is 0 Å². The summed E-state index contributed by atoms with van der Waals surface area (Å²) in [6.07, 6.45) is 24.1. The fourth-order valence-electron chi connectivity index (χ4n) is 4.72. The molecule has 7 nitrogen and oxygen atoms in total. The summed E-state index contributed by atoms with van der Waals surface area (Å²) in [7, 11) is 0. The van der Waals surface area contributed by atoms with Crippen LogP contribution in [0.3, 0.4) is 0 Å². The van der Waals surface area contributed by atoms with Crippen LogP contribution in [0, 0.1) is 0 Å². The molecule has 0 spiro atoms. The fourth-order valence-corrected chi connectivity index (χ4v) is 4.72. The van der Waals surface area contributed by atoms with E-state index in [4.69, 9.17) is 15.3 Å². The number of carbonyl (C=O) groups is 3. The van der Waals surface area contributed by atoms with Gasteiger partial charge in [0.05, 0.1) is 45.4 Å². The molecule has 0 aliphatic carbocycles. The van der Waals surface area contributed by atoms with Gasteiger partial charge in [-0.2, -0.15) is 0 Å². The number of nitrogens with zero attached hydrogens (tertiary/aromatic N) is 1. The molecule has 0 radical (unpaired) electrons. The number of quaternary nitrogens is 1. The molecule has 0 heterocycles. The second-order valence-corrected chi connectivity index (χ2v) is 10.3. The Morgan fingerprint density at radius 2 is 0.833 bits per heavy atom. The Hall–Kier alpha value is -1.89. The minimum atomic E-state index is -0.933. The number of carboxylic acids is 3. The molecule has 0 aromatic rings. The normalized spacial score (nSPS) is 11.8. The highest BCUT2D eigenvalue weighted by Crippen LogP contribution is 2.17. The number of aliphatic carboxylic acids is 3. The molecule has 0 amide bonds. The van der Waals surface area contributed by atoms with Crippen molar-refractivity contribution in [1.82, 2.24) is 0 Å². The lowest BCUT2D eigenvalue weighted by Gasteiger charge is -2.38. The van der Waals surface area contributed by atoms with Crippen molar-refractivity contribution >= 4 is 17.9 Å². The molecule has 0 unspecified atom stereocenters. The first kappa shape index (κ1) is 34.1. The summed E-state index contributed by atoms with van der Waals surface area (Å²) >= 11 is 0. The predicted molar refractivity (Wildman–Crippen MR) is 145 cm³/mol. The van der Waals surface area contributed by atoms with E-state index in [0.717, 1.165) is 19.3 Å². The van der Waals surface area contributed by atoms with Crippen LogP contribution in [0.4, 0.5) is 0 Å². The van der Waals surface area contributed by atoms with Crippen LogP contribution in [0.5, 0.6) is 0 Å². The van der Waals surface area contributed by atoms with Gasteiger partial charge in [0.25, 0.3) is 0 Å². The number of unbranched alkanes of at least 4 members (excludes halogenated alkanes) is 14. The van der Waals surface area contributed by atoms with Gasteiger partial charge in [0.15, 0.2) is 0 Å². The smallest absolute Gasteiger partial charge is 0.309 e. The Bertz CT molecular complexity index is 559. The Labute approximate surface area is 219 Å². The first-order valence-corrected chi connectivity index (χ1v) is 14.5. The van der Waals surface area contributed by atoms with Crippen molar-refractivity contribution in [2.75, 3.05) is 26.2 Å². The third kappa shape index (κ3) is 22.6. The number of hydrogen-bond donors (Lipinski definition) is 3. The largest absolute Gasteiger partial charge is 0.481 e. The molecule has 36 heavy (non-hydrogen) atoms. The Kier molecular flexibility index (Phi) is 22.3. The molecule has 0 saturated heterocycles. The van der Waals surface area contributed by atoms with Gasteiger partial charge in [-0.3, -0.25) is 14.4 Å². The number of carboxylic acid groups (broad SMARTS) is 3. The summed E-state index contributed by atoms with van der Waals surface area (Å²) in [6.45, 7) is 3.73.